The molecule has 1 saturated heterocycles. The molecular weight excluding hydrogens is 318 g/mol. The van der Waals surface area contributed by atoms with Crippen molar-refractivity contribution in [1.82, 2.24) is 10.2 Å². The minimum absolute atomic E-state index is 0.00850. The van der Waals surface area contributed by atoms with Crippen molar-refractivity contribution in [2.45, 2.75) is 26.2 Å². The lowest BCUT2D eigenvalue weighted by Crippen LogP contribution is -2.44. The average molecular weight is 347 g/mol. The SMILES string of the molecule is Cc1cc(NC(=O)CCCCNC(N)=O)ccc1N1CCN(C)CC1. The number of aryl methyl sites for hydroxylation is 1. The molecule has 0 aromatic heterocycles. The van der Waals surface area contributed by atoms with Crippen molar-refractivity contribution < 1.29 is 9.59 Å². The van der Waals surface area contributed by atoms with Gasteiger partial charge in [0.1, 0.15) is 0 Å². The molecular formula is C18H29N5O2. The zero-order chi connectivity index (χ0) is 18.2. The summed E-state index contributed by atoms with van der Waals surface area (Å²) in [5.41, 5.74) is 8.23. The second-order valence-corrected chi connectivity index (χ2v) is 6.59. The van der Waals surface area contributed by atoms with Gasteiger partial charge in [-0.3, -0.25) is 4.79 Å². The van der Waals surface area contributed by atoms with Crippen LogP contribution in [0.2, 0.25) is 0 Å². The quantitative estimate of drug-likeness (QED) is 0.652. The van der Waals surface area contributed by atoms with Crippen LogP contribution in [-0.2, 0) is 4.79 Å². The van der Waals surface area contributed by atoms with E-state index >= 15 is 0 Å². The average Bonchev–Trinajstić information content (AvgIpc) is 2.55. The summed E-state index contributed by atoms with van der Waals surface area (Å²) in [6.07, 6.45) is 1.88. The van der Waals surface area contributed by atoms with E-state index in [1.54, 1.807) is 0 Å². The molecule has 0 aliphatic carbocycles. The first-order valence-corrected chi connectivity index (χ1v) is 8.83. The Kier molecular flexibility index (Phi) is 7.06. The van der Waals surface area contributed by atoms with E-state index in [4.69, 9.17) is 5.73 Å². The summed E-state index contributed by atoms with van der Waals surface area (Å²) in [5, 5.41) is 5.46. The fourth-order valence-electron chi connectivity index (χ4n) is 2.98. The number of likely N-dealkylation sites (N-methyl/N-ethyl adjacent to an activating group) is 1. The number of urea groups is 1. The highest BCUT2D eigenvalue weighted by Gasteiger charge is 2.16. The third-order valence-corrected chi connectivity index (χ3v) is 4.45. The smallest absolute Gasteiger partial charge is 0.312 e. The molecule has 1 heterocycles. The van der Waals surface area contributed by atoms with E-state index in [9.17, 15) is 9.59 Å². The van der Waals surface area contributed by atoms with Crippen LogP contribution in [0.1, 0.15) is 24.8 Å². The van der Waals surface area contributed by atoms with Gasteiger partial charge in [-0.25, -0.2) is 4.79 Å². The van der Waals surface area contributed by atoms with Crippen molar-refractivity contribution in [1.29, 1.82) is 0 Å². The van der Waals surface area contributed by atoms with E-state index in [-0.39, 0.29) is 5.91 Å². The summed E-state index contributed by atoms with van der Waals surface area (Å²) >= 11 is 0. The van der Waals surface area contributed by atoms with Crippen LogP contribution in [0.15, 0.2) is 18.2 Å². The van der Waals surface area contributed by atoms with Crippen molar-refractivity contribution in [3.05, 3.63) is 23.8 Å². The number of hydrogen-bond donors (Lipinski definition) is 3. The topological polar surface area (TPSA) is 90.7 Å². The van der Waals surface area contributed by atoms with Gasteiger partial charge in [0.2, 0.25) is 5.91 Å². The predicted octanol–water partition coefficient (Wildman–Crippen LogP) is 1.52. The molecule has 0 saturated carbocycles. The normalized spacial score (nSPS) is 15.0. The van der Waals surface area contributed by atoms with Crippen molar-refractivity contribution in [3.63, 3.8) is 0 Å². The molecule has 138 valence electrons. The van der Waals surface area contributed by atoms with E-state index in [2.05, 4.69) is 40.5 Å². The summed E-state index contributed by atoms with van der Waals surface area (Å²) in [6.45, 7) is 6.79. The van der Waals surface area contributed by atoms with E-state index in [1.165, 1.54) is 11.3 Å². The second-order valence-electron chi connectivity index (χ2n) is 6.59. The maximum atomic E-state index is 12.0. The monoisotopic (exact) mass is 347 g/mol. The van der Waals surface area contributed by atoms with Gasteiger partial charge in [-0.1, -0.05) is 0 Å². The van der Waals surface area contributed by atoms with Gasteiger partial charge >= 0.3 is 6.03 Å². The molecule has 3 amide bonds. The lowest BCUT2D eigenvalue weighted by molar-refractivity contribution is -0.116. The summed E-state index contributed by atoms with van der Waals surface area (Å²) in [4.78, 5) is 27.3. The van der Waals surface area contributed by atoms with Crippen LogP contribution in [-0.4, -0.2) is 56.6 Å². The summed E-state index contributed by atoms with van der Waals surface area (Å²) in [6, 6.07) is 5.56. The highest BCUT2D eigenvalue weighted by Crippen LogP contribution is 2.24. The Labute approximate surface area is 149 Å². The molecule has 0 spiro atoms. The van der Waals surface area contributed by atoms with E-state index in [0.717, 1.165) is 38.3 Å². The Morgan fingerprint density at radius 1 is 1.16 bits per heavy atom. The first kappa shape index (κ1) is 19.1. The van der Waals surface area contributed by atoms with Crippen LogP contribution in [0.3, 0.4) is 0 Å². The van der Waals surface area contributed by atoms with Gasteiger partial charge in [-0.15, -0.1) is 0 Å². The fraction of sp³-hybridized carbons (Fsp3) is 0.556. The highest BCUT2D eigenvalue weighted by atomic mass is 16.2. The van der Waals surface area contributed by atoms with Gasteiger partial charge in [-0.2, -0.15) is 0 Å². The number of carbonyl (C=O) groups is 2. The zero-order valence-electron chi connectivity index (χ0n) is 15.2. The summed E-state index contributed by atoms with van der Waals surface area (Å²) in [7, 11) is 2.15. The Hall–Kier alpha value is -2.28. The van der Waals surface area contributed by atoms with Gasteiger partial charge in [0.25, 0.3) is 0 Å². The zero-order valence-corrected chi connectivity index (χ0v) is 15.2. The van der Waals surface area contributed by atoms with Gasteiger partial charge in [0.05, 0.1) is 0 Å². The lowest BCUT2D eigenvalue weighted by atomic mass is 10.1. The molecule has 1 aliphatic heterocycles. The van der Waals surface area contributed by atoms with Crippen molar-refractivity contribution >= 4 is 23.3 Å². The third-order valence-electron chi connectivity index (χ3n) is 4.45. The fourth-order valence-corrected chi connectivity index (χ4v) is 2.98. The number of piperazine rings is 1. The Morgan fingerprint density at radius 3 is 2.52 bits per heavy atom. The Morgan fingerprint density at radius 2 is 1.88 bits per heavy atom. The number of hydrogen-bond acceptors (Lipinski definition) is 4. The molecule has 1 aromatic carbocycles. The van der Waals surface area contributed by atoms with Crippen LogP contribution >= 0.6 is 0 Å². The standard InChI is InChI=1S/C18H29N5O2/c1-14-13-15(21-17(24)5-3-4-8-20-18(19)25)6-7-16(14)23-11-9-22(2)10-12-23/h6-7,13H,3-5,8-12H2,1-2H3,(H,21,24)(H3,19,20,25). The molecule has 7 nitrogen and oxygen atoms in total. The number of benzene rings is 1. The van der Waals surface area contributed by atoms with Gasteiger partial charge in [0.15, 0.2) is 0 Å². The third kappa shape index (κ3) is 6.26. The molecule has 1 aliphatic rings. The Bertz CT molecular complexity index is 597. The molecule has 25 heavy (non-hydrogen) atoms. The minimum atomic E-state index is -0.527. The number of nitrogens with two attached hydrogens (primary N) is 1. The summed E-state index contributed by atoms with van der Waals surface area (Å²) < 4.78 is 0. The number of anilines is 2. The van der Waals surface area contributed by atoms with Crippen LogP contribution in [0, 0.1) is 6.92 Å². The molecule has 7 heteroatoms. The first-order valence-electron chi connectivity index (χ1n) is 8.83. The maximum Gasteiger partial charge on any atom is 0.312 e. The Balaban J connectivity index is 1.79. The lowest BCUT2D eigenvalue weighted by Gasteiger charge is -2.35. The first-order chi connectivity index (χ1) is 12.0. The van der Waals surface area contributed by atoms with Gasteiger partial charge < -0.3 is 26.2 Å². The molecule has 0 radical (unpaired) electrons. The van der Waals surface area contributed by atoms with E-state index < -0.39 is 6.03 Å². The molecule has 0 unspecified atom stereocenters. The van der Waals surface area contributed by atoms with Crippen LogP contribution in [0.4, 0.5) is 16.2 Å². The van der Waals surface area contributed by atoms with Gasteiger partial charge in [-0.05, 0) is 50.6 Å². The number of nitrogens with zero attached hydrogens (tertiary/aromatic N) is 2. The van der Waals surface area contributed by atoms with Gasteiger partial charge in [0, 0.05) is 50.5 Å². The number of primary amides is 1. The molecule has 1 aromatic rings. The van der Waals surface area contributed by atoms with Crippen molar-refractivity contribution in [3.8, 4) is 0 Å². The van der Waals surface area contributed by atoms with Crippen molar-refractivity contribution in [2.24, 2.45) is 5.73 Å². The van der Waals surface area contributed by atoms with Crippen LogP contribution in [0.25, 0.3) is 0 Å². The predicted molar refractivity (Wildman–Crippen MR) is 101 cm³/mol. The molecule has 0 bridgehead atoms. The van der Waals surface area contributed by atoms with E-state index in [1.807, 2.05) is 12.1 Å². The number of nitrogens with one attached hydrogen (secondary N) is 2. The van der Waals surface area contributed by atoms with Crippen LogP contribution < -0.4 is 21.3 Å². The molecule has 0 atom stereocenters. The number of carbonyl (C=O) groups excluding carboxylic acids is 2. The second kappa shape index (κ2) is 9.27. The minimum Gasteiger partial charge on any atom is -0.369 e. The number of rotatable bonds is 7. The molecule has 2 rings (SSSR count). The molecule has 4 N–H and O–H groups in total. The largest absolute Gasteiger partial charge is 0.369 e. The number of amides is 3. The van der Waals surface area contributed by atoms with Crippen molar-refractivity contribution in [2.75, 3.05) is 50.0 Å². The number of unbranched alkanes of at least 4 members (excludes halogenated alkanes) is 1. The molecule has 1 fully saturated rings. The highest BCUT2D eigenvalue weighted by molar-refractivity contribution is 5.91. The van der Waals surface area contributed by atoms with E-state index in [0.29, 0.717) is 19.4 Å². The summed E-state index contributed by atoms with van der Waals surface area (Å²) in [5.74, 6) is -0.00850. The van der Waals surface area contributed by atoms with Crippen LogP contribution in [0.5, 0.6) is 0 Å². The maximum absolute atomic E-state index is 12.0.